The summed E-state index contributed by atoms with van der Waals surface area (Å²) in [7, 11) is 0. The van der Waals surface area contributed by atoms with Crippen LogP contribution in [0.5, 0.6) is 0 Å². The number of H-pyrrole nitrogens is 1. The fraction of sp³-hybridized carbons (Fsp3) is 0.250. The van der Waals surface area contributed by atoms with Gasteiger partial charge in [0.2, 0.25) is 0 Å². The molecule has 2 rings (SSSR count). The number of carbonyl (C=O) groups is 1. The molecule has 5 nitrogen and oxygen atoms in total. The minimum absolute atomic E-state index is 0.253. The SMILES string of the molecule is Nc1ccc2c(C(=O)NCC(F)(F)CO)c[nH]c2c1. The first-order valence-corrected chi connectivity index (χ1v) is 5.56. The zero-order chi connectivity index (χ0) is 14.0. The zero-order valence-electron chi connectivity index (χ0n) is 9.91. The minimum atomic E-state index is -3.33. The highest BCUT2D eigenvalue weighted by atomic mass is 19.3. The lowest BCUT2D eigenvalue weighted by molar-refractivity contribution is -0.0461. The first-order valence-electron chi connectivity index (χ1n) is 5.56. The number of nitrogen functional groups attached to an aromatic ring is 1. The van der Waals surface area contributed by atoms with E-state index < -0.39 is 25.0 Å². The second kappa shape index (κ2) is 4.85. The number of hydrogen-bond acceptors (Lipinski definition) is 3. The molecule has 0 aliphatic carbocycles. The lowest BCUT2D eigenvalue weighted by atomic mass is 10.1. The van der Waals surface area contributed by atoms with E-state index >= 15 is 0 Å². The number of hydrogen-bond donors (Lipinski definition) is 4. The summed E-state index contributed by atoms with van der Waals surface area (Å²) in [6.07, 6.45) is 1.43. The van der Waals surface area contributed by atoms with Crippen LogP contribution in [0, 0.1) is 0 Å². The molecule has 0 atom stereocenters. The average Bonchev–Trinajstić information content (AvgIpc) is 2.79. The van der Waals surface area contributed by atoms with Gasteiger partial charge < -0.3 is 21.1 Å². The van der Waals surface area contributed by atoms with Gasteiger partial charge in [-0.2, -0.15) is 0 Å². The van der Waals surface area contributed by atoms with Crippen molar-refractivity contribution in [3.63, 3.8) is 0 Å². The summed E-state index contributed by atoms with van der Waals surface area (Å²) in [5, 5.41) is 11.1. The molecular weight excluding hydrogens is 256 g/mol. The van der Waals surface area contributed by atoms with Gasteiger partial charge in [-0.3, -0.25) is 4.79 Å². The van der Waals surface area contributed by atoms with Crippen molar-refractivity contribution in [3.05, 3.63) is 30.0 Å². The second-order valence-electron chi connectivity index (χ2n) is 4.20. The predicted molar refractivity (Wildman–Crippen MR) is 67.1 cm³/mol. The zero-order valence-corrected chi connectivity index (χ0v) is 9.91. The lowest BCUT2D eigenvalue weighted by Gasteiger charge is -2.13. The number of halogens is 2. The molecule has 102 valence electrons. The van der Waals surface area contributed by atoms with E-state index in [1.165, 1.54) is 6.20 Å². The number of aliphatic hydroxyl groups excluding tert-OH is 1. The lowest BCUT2D eigenvalue weighted by Crippen LogP contribution is -2.38. The third-order valence-electron chi connectivity index (χ3n) is 2.69. The maximum Gasteiger partial charge on any atom is 0.287 e. The number of aromatic amines is 1. The van der Waals surface area contributed by atoms with Crippen LogP contribution >= 0.6 is 0 Å². The summed E-state index contributed by atoms with van der Waals surface area (Å²) in [5.41, 5.74) is 7.04. The van der Waals surface area contributed by atoms with Gasteiger partial charge in [-0.15, -0.1) is 0 Å². The van der Waals surface area contributed by atoms with Crippen molar-refractivity contribution in [2.45, 2.75) is 5.92 Å². The van der Waals surface area contributed by atoms with Crippen molar-refractivity contribution in [3.8, 4) is 0 Å². The number of aromatic nitrogens is 1. The Morgan fingerprint density at radius 3 is 2.89 bits per heavy atom. The van der Waals surface area contributed by atoms with Crippen molar-refractivity contribution >= 4 is 22.5 Å². The fourth-order valence-corrected chi connectivity index (χ4v) is 1.69. The topological polar surface area (TPSA) is 91.1 Å². The molecule has 0 aliphatic heterocycles. The van der Waals surface area contributed by atoms with E-state index in [-0.39, 0.29) is 5.56 Å². The van der Waals surface area contributed by atoms with Gasteiger partial charge in [0, 0.05) is 22.8 Å². The summed E-state index contributed by atoms with van der Waals surface area (Å²) in [6, 6.07) is 4.91. The Balaban J connectivity index is 2.18. The third kappa shape index (κ3) is 2.82. The molecule has 19 heavy (non-hydrogen) atoms. The molecule has 1 aromatic carbocycles. The Morgan fingerprint density at radius 1 is 1.47 bits per heavy atom. The van der Waals surface area contributed by atoms with Gasteiger partial charge in [-0.05, 0) is 18.2 Å². The van der Waals surface area contributed by atoms with Gasteiger partial charge in [0.05, 0.1) is 12.1 Å². The van der Waals surface area contributed by atoms with Gasteiger partial charge >= 0.3 is 0 Å². The highest BCUT2D eigenvalue weighted by molar-refractivity contribution is 6.07. The van der Waals surface area contributed by atoms with E-state index in [9.17, 15) is 13.6 Å². The summed E-state index contributed by atoms with van der Waals surface area (Å²) in [6.45, 7) is -2.22. The number of nitrogens with two attached hydrogens (primary N) is 1. The predicted octanol–water partition coefficient (Wildman–Crippen LogP) is 1.11. The van der Waals surface area contributed by atoms with Crippen molar-refractivity contribution in [1.82, 2.24) is 10.3 Å². The van der Waals surface area contributed by atoms with Crippen LogP contribution in [0.1, 0.15) is 10.4 Å². The van der Waals surface area contributed by atoms with E-state index in [1.54, 1.807) is 18.2 Å². The molecule has 1 aromatic heterocycles. The standard InChI is InChI=1S/C12H13F2N3O2/c13-12(14,6-18)5-17-11(19)9-4-16-10-3-7(15)1-2-8(9)10/h1-4,16,18H,5-6,15H2,(H,17,19). The van der Waals surface area contributed by atoms with Crippen LogP contribution < -0.4 is 11.1 Å². The number of fused-ring (bicyclic) bond motifs is 1. The van der Waals surface area contributed by atoms with Crippen LogP contribution in [-0.4, -0.2) is 35.1 Å². The molecule has 7 heteroatoms. The number of rotatable bonds is 4. The van der Waals surface area contributed by atoms with Crippen LogP contribution in [-0.2, 0) is 0 Å². The molecule has 1 amide bonds. The highest BCUT2D eigenvalue weighted by Crippen LogP contribution is 2.20. The fourth-order valence-electron chi connectivity index (χ4n) is 1.69. The van der Waals surface area contributed by atoms with Gasteiger partial charge in [-0.25, -0.2) is 8.78 Å². The molecule has 2 aromatic rings. The van der Waals surface area contributed by atoms with E-state index in [0.717, 1.165) is 0 Å². The van der Waals surface area contributed by atoms with Gasteiger partial charge in [0.1, 0.15) is 6.61 Å². The number of anilines is 1. The van der Waals surface area contributed by atoms with E-state index in [2.05, 4.69) is 10.3 Å². The van der Waals surface area contributed by atoms with E-state index in [0.29, 0.717) is 16.6 Å². The molecule has 1 heterocycles. The molecule has 0 unspecified atom stereocenters. The van der Waals surface area contributed by atoms with Gasteiger partial charge in [-0.1, -0.05) is 0 Å². The Labute approximate surface area is 107 Å². The average molecular weight is 269 g/mol. The van der Waals surface area contributed by atoms with Gasteiger partial charge in [0.15, 0.2) is 0 Å². The number of alkyl halides is 2. The van der Waals surface area contributed by atoms with E-state index in [1.807, 2.05) is 0 Å². The summed E-state index contributed by atoms with van der Waals surface area (Å²) < 4.78 is 25.7. The van der Waals surface area contributed by atoms with Crippen LogP contribution in [0.25, 0.3) is 10.9 Å². The number of carbonyl (C=O) groups excluding carboxylic acids is 1. The van der Waals surface area contributed by atoms with Crippen LogP contribution in [0.4, 0.5) is 14.5 Å². The van der Waals surface area contributed by atoms with E-state index in [4.69, 9.17) is 10.8 Å². The first kappa shape index (κ1) is 13.3. The quantitative estimate of drug-likeness (QED) is 0.626. The molecule has 0 bridgehead atoms. The Morgan fingerprint density at radius 2 is 2.21 bits per heavy atom. The smallest absolute Gasteiger partial charge is 0.287 e. The monoisotopic (exact) mass is 269 g/mol. The summed E-state index contributed by atoms with van der Waals surface area (Å²) >= 11 is 0. The minimum Gasteiger partial charge on any atom is -0.399 e. The molecule has 0 aliphatic rings. The Hall–Kier alpha value is -2.15. The first-order chi connectivity index (χ1) is 8.93. The van der Waals surface area contributed by atoms with Crippen LogP contribution in [0.2, 0.25) is 0 Å². The molecule has 0 spiro atoms. The Bertz CT molecular complexity index is 610. The normalized spacial score (nSPS) is 11.7. The number of aliphatic hydroxyl groups is 1. The van der Waals surface area contributed by atoms with Crippen LogP contribution in [0.3, 0.4) is 0 Å². The summed E-state index contributed by atoms with van der Waals surface area (Å²) in [5.74, 6) is -3.96. The number of nitrogens with one attached hydrogen (secondary N) is 2. The maximum atomic E-state index is 12.8. The number of benzene rings is 1. The molecular formula is C12H13F2N3O2. The van der Waals surface area contributed by atoms with Crippen molar-refractivity contribution in [2.24, 2.45) is 0 Å². The maximum absolute atomic E-state index is 12.8. The highest BCUT2D eigenvalue weighted by Gasteiger charge is 2.28. The third-order valence-corrected chi connectivity index (χ3v) is 2.69. The Kier molecular flexibility index (Phi) is 3.39. The van der Waals surface area contributed by atoms with Crippen molar-refractivity contribution < 1.29 is 18.7 Å². The second-order valence-corrected chi connectivity index (χ2v) is 4.20. The van der Waals surface area contributed by atoms with Crippen molar-refractivity contribution in [2.75, 3.05) is 18.9 Å². The summed E-state index contributed by atoms with van der Waals surface area (Å²) in [4.78, 5) is 14.6. The molecule has 5 N–H and O–H groups in total. The molecule has 0 fully saturated rings. The van der Waals surface area contributed by atoms with Crippen LogP contribution in [0.15, 0.2) is 24.4 Å². The number of amides is 1. The molecule has 0 radical (unpaired) electrons. The largest absolute Gasteiger partial charge is 0.399 e. The van der Waals surface area contributed by atoms with Crippen molar-refractivity contribution in [1.29, 1.82) is 0 Å². The molecule has 0 saturated carbocycles. The molecule has 0 saturated heterocycles. The van der Waals surface area contributed by atoms with Gasteiger partial charge in [0.25, 0.3) is 11.8 Å².